The van der Waals surface area contributed by atoms with Crippen molar-refractivity contribution >= 4 is 46.7 Å². The predicted molar refractivity (Wildman–Crippen MR) is 98.7 cm³/mol. The number of hydrogen-bond donors (Lipinski definition) is 0. The van der Waals surface area contributed by atoms with Crippen LogP contribution in [-0.4, -0.2) is 23.1 Å². The standard InChI is InChI=1S/C18H17ClO2S2/c1-2-9-22-15-5-3-4-13(20)16(15)18(21)12-6-7-14-11(17(12)19)8-10-23-14/h2,6-7H,1,3-5,8-10H2. The van der Waals surface area contributed by atoms with Crippen LogP contribution in [0.1, 0.15) is 35.2 Å². The van der Waals surface area contributed by atoms with Gasteiger partial charge in [-0.15, -0.1) is 30.1 Å². The Labute approximate surface area is 149 Å². The number of halogens is 1. The van der Waals surface area contributed by atoms with Gasteiger partial charge in [-0.1, -0.05) is 17.7 Å². The Morgan fingerprint density at radius 3 is 2.96 bits per heavy atom. The van der Waals surface area contributed by atoms with Crippen molar-refractivity contribution in [2.45, 2.75) is 30.6 Å². The number of thioether (sulfide) groups is 2. The van der Waals surface area contributed by atoms with Gasteiger partial charge in [0.15, 0.2) is 11.6 Å². The molecule has 0 N–H and O–H groups in total. The first-order valence-corrected chi connectivity index (χ1v) is 9.97. The molecule has 0 saturated heterocycles. The summed E-state index contributed by atoms with van der Waals surface area (Å²) >= 11 is 9.77. The first-order chi connectivity index (χ1) is 11.1. The van der Waals surface area contributed by atoms with Crippen molar-refractivity contribution in [3.63, 3.8) is 0 Å². The highest BCUT2D eigenvalue weighted by Crippen LogP contribution is 2.40. The normalized spacial score (nSPS) is 17.3. The van der Waals surface area contributed by atoms with Crippen LogP contribution >= 0.6 is 35.1 Å². The van der Waals surface area contributed by atoms with Crippen molar-refractivity contribution < 1.29 is 9.59 Å². The largest absolute Gasteiger partial charge is 0.294 e. The Balaban J connectivity index is 2.02. The molecule has 1 aromatic rings. The number of ketones is 2. The van der Waals surface area contributed by atoms with Crippen LogP contribution in [0.3, 0.4) is 0 Å². The van der Waals surface area contributed by atoms with Crippen LogP contribution in [-0.2, 0) is 11.2 Å². The summed E-state index contributed by atoms with van der Waals surface area (Å²) in [4.78, 5) is 27.4. The van der Waals surface area contributed by atoms with Crippen LogP contribution in [0.25, 0.3) is 0 Å². The van der Waals surface area contributed by atoms with Crippen molar-refractivity contribution in [2.24, 2.45) is 0 Å². The van der Waals surface area contributed by atoms with Crippen molar-refractivity contribution in [2.75, 3.05) is 11.5 Å². The number of benzene rings is 1. The maximum absolute atomic E-state index is 13.0. The van der Waals surface area contributed by atoms with Crippen LogP contribution in [0, 0.1) is 0 Å². The Bertz CT molecular complexity index is 722. The summed E-state index contributed by atoms with van der Waals surface area (Å²) in [6, 6.07) is 3.73. The van der Waals surface area contributed by atoms with Crippen molar-refractivity contribution in [1.29, 1.82) is 0 Å². The van der Waals surface area contributed by atoms with E-state index in [0.717, 1.165) is 40.4 Å². The van der Waals surface area contributed by atoms with Gasteiger partial charge in [-0.05, 0) is 41.9 Å². The fourth-order valence-corrected chi connectivity index (χ4v) is 5.35. The fourth-order valence-electron chi connectivity index (χ4n) is 2.92. The summed E-state index contributed by atoms with van der Waals surface area (Å²) in [5.74, 6) is 1.42. The average molecular weight is 365 g/mol. The van der Waals surface area contributed by atoms with Gasteiger partial charge < -0.3 is 0 Å². The molecule has 0 saturated carbocycles. The third kappa shape index (κ3) is 3.30. The molecule has 3 rings (SSSR count). The second-order valence-electron chi connectivity index (χ2n) is 5.51. The summed E-state index contributed by atoms with van der Waals surface area (Å²) in [6.45, 7) is 3.71. The molecule has 0 bridgehead atoms. The zero-order chi connectivity index (χ0) is 16.4. The van der Waals surface area contributed by atoms with Gasteiger partial charge >= 0.3 is 0 Å². The van der Waals surface area contributed by atoms with Crippen molar-refractivity contribution in [3.8, 4) is 0 Å². The number of allylic oxidation sites excluding steroid dienone is 2. The Morgan fingerprint density at radius 2 is 2.17 bits per heavy atom. The summed E-state index contributed by atoms with van der Waals surface area (Å²) in [7, 11) is 0. The zero-order valence-electron chi connectivity index (χ0n) is 12.7. The van der Waals surface area contributed by atoms with Gasteiger partial charge in [-0.25, -0.2) is 0 Å². The molecule has 2 nitrogen and oxygen atoms in total. The van der Waals surface area contributed by atoms with Crippen LogP contribution < -0.4 is 0 Å². The molecule has 0 aromatic heterocycles. The summed E-state index contributed by atoms with van der Waals surface area (Å²) in [6.07, 6.45) is 4.70. The molecule has 0 amide bonds. The highest BCUT2D eigenvalue weighted by molar-refractivity contribution is 8.03. The lowest BCUT2D eigenvalue weighted by Crippen LogP contribution is -2.19. The van der Waals surface area contributed by atoms with Gasteiger partial charge in [-0.3, -0.25) is 9.59 Å². The number of carbonyl (C=O) groups is 2. The minimum Gasteiger partial charge on any atom is -0.294 e. The Kier molecular flexibility index (Phi) is 5.34. The SMILES string of the molecule is C=CCSC1=C(C(=O)c2ccc3c(c2Cl)CCS3)C(=O)CCC1. The lowest BCUT2D eigenvalue weighted by molar-refractivity contribution is -0.115. The van der Waals surface area contributed by atoms with Gasteiger partial charge in [0.25, 0.3) is 0 Å². The summed E-state index contributed by atoms with van der Waals surface area (Å²) in [5.41, 5.74) is 1.86. The molecular formula is C18H17ClO2S2. The fraction of sp³-hybridized carbons (Fsp3) is 0.333. The van der Waals surface area contributed by atoms with E-state index < -0.39 is 0 Å². The number of fused-ring (bicyclic) bond motifs is 1. The molecule has 0 atom stereocenters. The maximum atomic E-state index is 13.0. The number of rotatable bonds is 5. The quantitative estimate of drug-likeness (QED) is 0.413. The van der Waals surface area contributed by atoms with Crippen LogP contribution in [0.5, 0.6) is 0 Å². The van der Waals surface area contributed by atoms with E-state index in [1.165, 1.54) is 11.8 Å². The molecule has 0 radical (unpaired) electrons. The zero-order valence-corrected chi connectivity index (χ0v) is 15.1. The van der Waals surface area contributed by atoms with E-state index >= 15 is 0 Å². The monoisotopic (exact) mass is 364 g/mol. The molecular weight excluding hydrogens is 348 g/mol. The Hall–Kier alpha value is -0.970. The minimum absolute atomic E-state index is 0.0567. The molecule has 1 heterocycles. The maximum Gasteiger partial charge on any atom is 0.198 e. The predicted octanol–water partition coefficient (Wildman–Crippen LogP) is 5.10. The molecule has 0 spiro atoms. The number of hydrogen-bond acceptors (Lipinski definition) is 4. The first-order valence-electron chi connectivity index (χ1n) is 7.62. The smallest absolute Gasteiger partial charge is 0.198 e. The van der Waals surface area contributed by atoms with E-state index in [9.17, 15) is 9.59 Å². The average Bonchev–Trinajstić information content (AvgIpc) is 3.02. The topological polar surface area (TPSA) is 34.1 Å². The van der Waals surface area contributed by atoms with Crippen LogP contribution in [0.4, 0.5) is 0 Å². The summed E-state index contributed by atoms with van der Waals surface area (Å²) < 4.78 is 0. The van der Waals surface area contributed by atoms with E-state index in [1.54, 1.807) is 23.9 Å². The highest BCUT2D eigenvalue weighted by atomic mass is 35.5. The molecule has 1 aromatic carbocycles. The van der Waals surface area contributed by atoms with Crippen LogP contribution in [0.2, 0.25) is 5.02 Å². The third-order valence-electron chi connectivity index (χ3n) is 4.02. The van der Waals surface area contributed by atoms with Crippen molar-refractivity contribution in [3.05, 3.63) is 51.4 Å². The third-order valence-corrected chi connectivity index (χ3v) is 6.71. The molecule has 2 aliphatic rings. The van der Waals surface area contributed by atoms with Gasteiger partial charge in [0, 0.05) is 28.4 Å². The number of Topliss-reactive ketones (excluding diaryl/α,β-unsaturated/α-hetero) is 2. The van der Waals surface area contributed by atoms with E-state index in [0.29, 0.717) is 28.3 Å². The van der Waals surface area contributed by atoms with Gasteiger partial charge in [0.05, 0.1) is 10.6 Å². The van der Waals surface area contributed by atoms with Crippen LogP contribution in [0.15, 0.2) is 40.2 Å². The van der Waals surface area contributed by atoms with E-state index in [-0.39, 0.29) is 11.6 Å². The molecule has 0 fully saturated rings. The second-order valence-corrected chi connectivity index (χ2v) is 8.14. The van der Waals surface area contributed by atoms with E-state index in [1.807, 2.05) is 6.07 Å². The lowest BCUT2D eigenvalue weighted by Gasteiger charge is -2.18. The molecule has 23 heavy (non-hydrogen) atoms. The van der Waals surface area contributed by atoms with E-state index in [2.05, 4.69) is 6.58 Å². The first kappa shape index (κ1) is 16.9. The molecule has 120 valence electrons. The number of carbonyl (C=O) groups excluding carboxylic acids is 2. The van der Waals surface area contributed by atoms with Gasteiger partial charge in [0.1, 0.15) is 0 Å². The van der Waals surface area contributed by atoms with Gasteiger partial charge in [-0.2, -0.15) is 0 Å². The molecule has 1 aliphatic heterocycles. The molecule has 1 aliphatic carbocycles. The lowest BCUT2D eigenvalue weighted by atomic mass is 9.91. The van der Waals surface area contributed by atoms with E-state index in [4.69, 9.17) is 11.6 Å². The molecule has 5 heteroatoms. The molecule has 0 unspecified atom stereocenters. The summed E-state index contributed by atoms with van der Waals surface area (Å²) in [5, 5.41) is 0.524. The highest BCUT2D eigenvalue weighted by Gasteiger charge is 2.30. The Morgan fingerprint density at radius 1 is 1.35 bits per heavy atom. The second kappa shape index (κ2) is 7.29. The van der Waals surface area contributed by atoms with Gasteiger partial charge in [0.2, 0.25) is 0 Å². The van der Waals surface area contributed by atoms with Crippen molar-refractivity contribution in [1.82, 2.24) is 0 Å². The minimum atomic E-state index is -0.217.